The number of aryl methyl sites for hydroxylation is 1. The van der Waals surface area contributed by atoms with Crippen LogP contribution in [0.2, 0.25) is 0 Å². The van der Waals surface area contributed by atoms with Crippen molar-refractivity contribution in [1.82, 2.24) is 0 Å². The molecule has 0 aromatic heterocycles. The van der Waals surface area contributed by atoms with Gasteiger partial charge in [-0.1, -0.05) is 37.1 Å². The third-order valence-electron chi connectivity index (χ3n) is 7.21. The van der Waals surface area contributed by atoms with Crippen molar-refractivity contribution in [3.63, 3.8) is 0 Å². The van der Waals surface area contributed by atoms with Crippen molar-refractivity contribution in [1.29, 1.82) is 5.26 Å². The molecule has 3 rings (SSSR count). The quantitative estimate of drug-likeness (QED) is 0.340. The van der Waals surface area contributed by atoms with Gasteiger partial charge in [-0.25, -0.2) is 0 Å². The molecule has 0 spiro atoms. The van der Waals surface area contributed by atoms with Crippen LogP contribution in [-0.2, 0) is 6.42 Å². The molecule has 0 unspecified atom stereocenters. The maximum Gasteiger partial charge on any atom is 0.0991 e. The Hall–Kier alpha value is -1.62. The third kappa shape index (κ3) is 6.47. The van der Waals surface area contributed by atoms with Crippen molar-refractivity contribution in [3.05, 3.63) is 47.5 Å². The Kier molecular flexibility index (Phi) is 8.59. The Morgan fingerprint density at radius 2 is 1.57 bits per heavy atom. The molecule has 28 heavy (non-hydrogen) atoms. The summed E-state index contributed by atoms with van der Waals surface area (Å²) in [5, 5.41) is 8.90. The molecule has 2 fully saturated rings. The molecular weight excluding hydrogens is 345 g/mol. The second kappa shape index (κ2) is 11.4. The Bertz CT molecular complexity index is 625. The van der Waals surface area contributed by atoms with E-state index in [4.69, 9.17) is 5.26 Å². The number of benzene rings is 1. The van der Waals surface area contributed by atoms with Gasteiger partial charge >= 0.3 is 0 Å². The first-order chi connectivity index (χ1) is 13.8. The van der Waals surface area contributed by atoms with Gasteiger partial charge in [-0.2, -0.15) is 5.26 Å². The Morgan fingerprint density at radius 1 is 0.929 bits per heavy atom. The molecule has 0 N–H and O–H groups in total. The lowest BCUT2D eigenvalue weighted by atomic mass is 9.68. The summed E-state index contributed by atoms with van der Waals surface area (Å²) in [5.74, 6) is 3.55. The molecule has 0 atom stereocenters. The van der Waals surface area contributed by atoms with Crippen LogP contribution in [0, 0.1) is 35.0 Å². The van der Waals surface area contributed by atoms with E-state index in [0.717, 1.165) is 42.1 Å². The number of nitrogens with zero attached hydrogens (tertiary/aromatic N) is 1. The molecule has 0 heterocycles. The van der Waals surface area contributed by atoms with E-state index >= 15 is 0 Å². The fourth-order valence-corrected chi connectivity index (χ4v) is 5.36. The smallest absolute Gasteiger partial charge is 0.0991 e. The maximum atomic E-state index is 12.2. The van der Waals surface area contributed by atoms with Crippen LogP contribution in [0.1, 0.15) is 81.8 Å². The lowest BCUT2D eigenvalue weighted by Gasteiger charge is -2.37. The molecule has 0 radical (unpaired) electrons. The summed E-state index contributed by atoms with van der Waals surface area (Å²) in [4.78, 5) is 0. The molecule has 1 aromatic carbocycles. The van der Waals surface area contributed by atoms with Gasteiger partial charge in [0.05, 0.1) is 18.3 Å². The summed E-state index contributed by atoms with van der Waals surface area (Å²) in [6, 6.07) is 10.3. The van der Waals surface area contributed by atoms with Crippen molar-refractivity contribution in [3.8, 4) is 6.07 Å². The Morgan fingerprint density at radius 3 is 2.18 bits per heavy atom. The van der Waals surface area contributed by atoms with Crippen LogP contribution >= 0.6 is 0 Å². The molecule has 2 aliphatic rings. The standard InChI is InChI=1S/C26H36FN/c27-19-3-1-2-4-21-11-15-25(16-12-21)26-17-13-23(14-18-26)6-5-22-7-9-24(20-28)10-8-22/h2,4,7-10,21,23,25-26H,1,3,5-6,11-19H2. The van der Waals surface area contributed by atoms with E-state index in [9.17, 15) is 4.39 Å². The molecule has 0 aliphatic heterocycles. The van der Waals surface area contributed by atoms with Crippen LogP contribution in [0.3, 0.4) is 0 Å². The molecule has 2 heteroatoms. The first-order valence-corrected chi connectivity index (χ1v) is 11.5. The highest BCUT2D eigenvalue weighted by Crippen LogP contribution is 2.42. The molecule has 0 saturated heterocycles. The van der Waals surface area contributed by atoms with Crippen LogP contribution in [0.15, 0.2) is 36.4 Å². The Balaban J connectivity index is 1.33. The molecule has 2 saturated carbocycles. The van der Waals surface area contributed by atoms with Gasteiger partial charge in [-0.05, 0) is 106 Å². The van der Waals surface area contributed by atoms with Crippen molar-refractivity contribution >= 4 is 0 Å². The number of allylic oxidation sites excluding steroid dienone is 2. The minimum atomic E-state index is -0.187. The zero-order chi connectivity index (χ0) is 19.6. The molecule has 1 aromatic rings. The van der Waals surface area contributed by atoms with E-state index in [2.05, 4.69) is 30.4 Å². The zero-order valence-electron chi connectivity index (χ0n) is 17.3. The van der Waals surface area contributed by atoms with E-state index in [1.165, 1.54) is 63.4 Å². The minimum Gasteiger partial charge on any atom is -0.251 e. The highest BCUT2D eigenvalue weighted by Gasteiger charge is 2.30. The number of alkyl halides is 1. The SMILES string of the molecule is N#Cc1ccc(CCC2CCC(C3CCC(C=CCCCF)CC3)CC2)cc1. The summed E-state index contributed by atoms with van der Waals surface area (Å²) in [5.41, 5.74) is 2.13. The lowest BCUT2D eigenvalue weighted by molar-refractivity contribution is 0.152. The van der Waals surface area contributed by atoms with Crippen LogP contribution in [0.25, 0.3) is 0 Å². The number of hydrogen-bond donors (Lipinski definition) is 0. The first kappa shape index (κ1) is 21.1. The molecule has 0 amide bonds. The minimum absolute atomic E-state index is 0.187. The van der Waals surface area contributed by atoms with Crippen LogP contribution in [-0.4, -0.2) is 6.67 Å². The highest BCUT2D eigenvalue weighted by molar-refractivity contribution is 5.31. The zero-order valence-corrected chi connectivity index (χ0v) is 17.3. The number of halogens is 1. The highest BCUT2D eigenvalue weighted by atomic mass is 19.1. The van der Waals surface area contributed by atoms with E-state index in [1.54, 1.807) is 0 Å². The van der Waals surface area contributed by atoms with E-state index in [0.29, 0.717) is 6.42 Å². The number of nitriles is 1. The predicted molar refractivity (Wildman–Crippen MR) is 115 cm³/mol. The number of unbranched alkanes of at least 4 members (excludes halogenated alkanes) is 1. The molecule has 1 nitrogen and oxygen atoms in total. The monoisotopic (exact) mass is 381 g/mol. The predicted octanol–water partition coefficient (Wildman–Crippen LogP) is 7.41. The fourth-order valence-electron chi connectivity index (χ4n) is 5.36. The van der Waals surface area contributed by atoms with Gasteiger partial charge in [0.15, 0.2) is 0 Å². The molecule has 152 valence electrons. The summed E-state index contributed by atoms with van der Waals surface area (Å²) in [6.07, 6.45) is 19.8. The van der Waals surface area contributed by atoms with Crippen molar-refractivity contribution in [2.45, 2.75) is 77.0 Å². The van der Waals surface area contributed by atoms with Crippen molar-refractivity contribution < 1.29 is 4.39 Å². The number of hydrogen-bond acceptors (Lipinski definition) is 1. The molecule has 2 aliphatic carbocycles. The third-order valence-corrected chi connectivity index (χ3v) is 7.21. The van der Waals surface area contributed by atoms with E-state index in [-0.39, 0.29) is 6.67 Å². The van der Waals surface area contributed by atoms with Crippen LogP contribution < -0.4 is 0 Å². The second-order valence-electron chi connectivity index (χ2n) is 9.06. The number of rotatable bonds is 8. The fraction of sp³-hybridized carbons (Fsp3) is 0.654. The topological polar surface area (TPSA) is 23.8 Å². The normalized spacial score (nSPS) is 28.3. The summed E-state index contributed by atoms with van der Waals surface area (Å²) >= 11 is 0. The van der Waals surface area contributed by atoms with Gasteiger partial charge in [0, 0.05) is 0 Å². The summed E-state index contributed by atoms with van der Waals surface area (Å²) in [7, 11) is 0. The average Bonchev–Trinajstić information content (AvgIpc) is 2.76. The maximum absolute atomic E-state index is 12.2. The second-order valence-corrected chi connectivity index (χ2v) is 9.06. The van der Waals surface area contributed by atoms with Gasteiger partial charge in [0.25, 0.3) is 0 Å². The summed E-state index contributed by atoms with van der Waals surface area (Å²) < 4.78 is 12.2. The first-order valence-electron chi connectivity index (χ1n) is 11.5. The van der Waals surface area contributed by atoms with Gasteiger partial charge in [-0.15, -0.1) is 0 Å². The van der Waals surface area contributed by atoms with Gasteiger partial charge in [0.2, 0.25) is 0 Å². The average molecular weight is 382 g/mol. The van der Waals surface area contributed by atoms with Gasteiger partial charge in [0.1, 0.15) is 0 Å². The lowest BCUT2D eigenvalue weighted by Crippen LogP contribution is -2.25. The van der Waals surface area contributed by atoms with Gasteiger partial charge < -0.3 is 0 Å². The van der Waals surface area contributed by atoms with Crippen molar-refractivity contribution in [2.24, 2.45) is 23.7 Å². The largest absolute Gasteiger partial charge is 0.251 e. The van der Waals surface area contributed by atoms with Crippen molar-refractivity contribution in [2.75, 3.05) is 6.67 Å². The molecular formula is C26H36FN. The van der Waals surface area contributed by atoms with Gasteiger partial charge in [-0.3, -0.25) is 4.39 Å². The van der Waals surface area contributed by atoms with Crippen LogP contribution in [0.4, 0.5) is 4.39 Å². The van der Waals surface area contributed by atoms with E-state index < -0.39 is 0 Å². The Labute approximate surface area is 171 Å². The van der Waals surface area contributed by atoms with Crippen LogP contribution in [0.5, 0.6) is 0 Å². The van der Waals surface area contributed by atoms with E-state index in [1.807, 2.05) is 12.1 Å². The molecule has 0 bridgehead atoms. The summed E-state index contributed by atoms with van der Waals surface area (Å²) in [6.45, 7) is -0.187.